The molecule has 0 aliphatic rings. The molecule has 5 nitrogen and oxygen atoms in total. The predicted octanol–water partition coefficient (Wildman–Crippen LogP) is 4.61. The van der Waals surface area contributed by atoms with Gasteiger partial charge in [-0.25, -0.2) is 5.43 Å². The zero-order chi connectivity index (χ0) is 19.3. The summed E-state index contributed by atoms with van der Waals surface area (Å²) in [5.74, 6) is -0.341. The molecule has 1 aromatic heterocycles. The van der Waals surface area contributed by atoms with Crippen molar-refractivity contribution in [2.24, 2.45) is 5.10 Å². The fraction of sp³-hybridized carbons (Fsp3) is 0.0455. The number of rotatable bonds is 5. The number of nitrogens with one attached hydrogen (secondary N) is 1. The Kier molecular flexibility index (Phi) is 5.30. The number of hydrogen-bond donors (Lipinski definition) is 1. The second kappa shape index (κ2) is 8.19. The maximum atomic E-state index is 12.3. The number of benzene rings is 3. The molecule has 4 aromatic rings. The zero-order valence-corrected chi connectivity index (χ0v) is 16.5. The Morgan fingerprint density at radius 1 is 1.04 bits per heavy atom. The highest BCUT2D eigenvalue weighted by Gasteiger charge is 2.08. The van der Waals surface area contributed by atoms with Gasteiger partial charge >= 0.3 is 0 Å². The first kappa shape index (κ1) is 18.1. The van der Waals surface area contributed by atoms with E-state index in [-0.39, 0.29) is 5.91 Å². The van der Waals surface area contributed by atoms with Crippen LogP contribution in [0, 0.1) is 0 Å². The van der Waals surface area contributed by atoms with Gasteiger partial charge in [-0.2, -0.15) is 10.2 Å². The second-order valence-corrected chi connectivity index (χ2v) is 7.25. The number of aromatic nitrogens is 2. The van der Waals surface area contributed by atoms with Crippen LogP contribution in [0.2, 0.25) is 0 Å². The quantitative estimate of drug-likeness (QED) is 0.369. The summed E-state index contributed by atoms with van der Waals surface area (Å²) >= 11 is 3.42. The van der Waals surface area contributed by atoms with Crippen LogP contribution in [0.5, 0.6) is 0 Å². The maximum Gasteiger partial charge on any atom is 0.291 e. The lowest BCUT2D eigenvalue weighted by molar-refractivity contribution is 0.0949. The van der Waals surface area contributed by atoms with Gasteiger partial charge in [0.2, 0.25) is 0 Å². The highest BCUT2D eigenvalue weighted by molar-refractivity contribution is 9.10. The van der Waals surface area contributed by atoms with E-state index in [1.807, 2.05) is 60.7 Å². The molecule has 1 amide bonds. The smallest absolute Gasteiger partial charge is 0.268 e. The van der Waals surface area contributed by atoms with E-state index in [9.17, 15) is 4.79 Å². The van der Waals surface area contributed by atoms with Gasteiger partial charge in [0.15, 0.2) is 5.69 Å². The molecule has 3 aromatic carbocycles. The molecule has 0 unspecified atom stereocenters. The highest BCUT2D eigenvalue weighted by atomic mass is 79.9. The number of hydrogen-bond acceptors (Lipinski definition) is 3. The van der Waals surface area contributed by atoms with Crippen LogP contribution in [0.1, 0.15) is 21.6 Å². The lowest BCUT2D eigenvalue weighted by Crippen LogP contribution is -2.18. The van der Waals surface area contributed by atoms with Crippen LogP contribution in [0.15, 0.2) is 88.6 Å². The molecule has 0 spiro atoms. The van der Waals surface area contributed by atoms with Crippen LogP contribution in [0.3, 0.4) is 0 Å². The first-order chi connectivity index (χ1) is 13.7. The van der Waals surface area contributed by atoms with E-state index in [1.54, 1.807) is 23.2 Å². The summed E-state index contributed by atoms with van der Waals surface area (Å²) < 4.78 is 2.76. The summed E-state index contributed by atoms with van der Waals surface area (Å²) in [5.41, 5.74) is 4.88. The highest BCUT2D eigenvalue weighted by Crippen LogP contribution is 2.14. The Hall–Kier alpha value is -3.25. The van der Waals surface area contributed by atoms with Crippen molar-refractivity contribution in [2.75, 3.05) is 0 Å². The molecular formula is C22H17BrN4O. The molecule has 0 aliphatic heterocycles. The van der Waals surface area contributed by atoms with Crippen LogP contribution in [0.4, 0.5) is 0 Å². The third-order valence-corrected chi connectivity index (χ3v) is 4.81. The fourth-order valence-electron chi connectivity index (χ4n) is 2.86. The van der Waals surface area contributed by atoms with Gasteiger partial charge in [-0.1, -0.05) is 64.5 Å². The molecule has 28 heavy (non-hydrogen) atoms. The predicted molar refractivity (Wildman–Crippen MR) is 114 cm³/mol. The van der Waals surface area contributed by atoms with Gasteiger partial charge < -0.3 is 0 Å². The summed E-state index contributed by atoms with van der Waals surface area (Å²) in [6.07, 6.45) is 3.41. The molecule has 6 heteroatoms. The van der Waals surface area contributed by atoms with Gasteiger partial charge in [0, 0.05) is 10.7 Å². The van der Waals surface area contributed by atoms with Crippen molar-refractivity contribution in [1.29, 1.82) is 0 Å². The van der Waals surface area contributed by atoms with Gasteiger partial charge in [0.25, 0.3) is 5.91 Å². The van der Waals surface area contributed by atoms with Crippen molar-refractivity contribution in [1.82, 2.24) is 15.2 Å². The minimum Gasteiger partial charge on any atom is -0.268 e. The van der Waals surface area contributed by atoms with Crippen molar-refractivity contribution in [3.8, 4) is 0 Å². The lowest BCUT2D eigenvalue weighted by Gasteiger charge is -2.02. The summed E-state index contributed by atoms with van der Waals surface area (Å²) in [4.78, 5) is 12.3. The molecule has 1 heterocycles. The average Bonchev–Trinajstić information content (AvgIpc) is 3.18. The molecule has 4 rings (SSSR count). The third-order valence-electron chi connectivity index (χ3n) is 4.28. The summed E-state index contributed by atoms with van der Waals surface area (Å²) in [7, 11) is 0. The molecule has 0 radical (unpaired) electrons. The largest absolute Gasteiger partial charge is 0.291 e. The molecule has 0 aliphatic carbocycles. The van der Waals surface area contributed by atoms with Gasteiger partial charge in [-0.3, -0.25) is 9.48 Å². The molecular weight excluding hydrogens is 416 g/mol. The van der Waals surface area contributed by atoms with Gasteiger partial charge in [0.1, 0.15) is 0 Å². The van der Waals surface area contributed by atoms with Crippen molar-refractivity contribution in [3.05, 3.63) is 100 Å². The monoisotopic (exact) mass is 432 g/mol. The third kappa shape index (κ3) is 4.35. The number of hydrazone groups is 1. The topological polar surface area (TPSA) is 59.3 Å². The van der Waals surface area contributed by atoms with Gasteiger partial charge in [0.05, 0.1) is 12.8 Å². The van der Waals surface area contributed by atoms with Gasteiger partial charge in [-0.15, -0.1) is 0 Å². The van der Waals surface area contributed by atoms with Crippen LogP contribution in [-0.2, 0) is 6.54 Å². The molecule has 1 N–H and O–H groups in total. The molecule has 0 saturated carbocycles. The molecule has 0 fully saturated rings. The van der Waals surface area contributed by atoms with E-state index in [0.717, 1.165) is 21.0 Å². The van der Waals surface area contributed by atoms with E-state index in [1.165, 1.54) is 5.39 Å². The van der Waals surface area contributed by atoms with Crippen molar-refractivity contribution in [2.45, 2.75) is 6.54 Å². The normalized spacial score (nSPS) is 11.2. The Morgan fingerprint density at radius 2 is 1.82 bits per heavy atom. The number of amides is 1. The molecule has 138 valence electrons. The van der Waals surface area contributed by atoms with Crippen LogP contribution < -0.4 is 5.43 Å². The van der Waals surface area contributed by atoms with E-state index in [4.69, 9.17) is 0 Å². The average molecular weight is 433 g/mol. The van der Waals surface area contributed by atoms with E-state index >= 15 is 0 Å². The van der Waals surface area contributed by atoms with E-state index in [2.05, 4.69) is 37.6 Å². The number of nitrogens with zero attached hydrogens (tertiary/aromatic N) is 3. The lowest BCUT2D eigenvalue weighted by atomic mass is 10.1. The van der Waals surface area contributed by atoms with Crippen molar-refractivity contribution >= 4 is 38.8 Å². The summed E-state index contributed by atoms with van der Waals surface area (Å²) in [5, 5.41) is 10.7. The molecule has 0 atom stereocenters. The van der Waals surface area contributed by atoms with Crippen LogP contribution in [-0.4, -0.2) is 21.9 Å². The number of carbonyl (C=O) groups is 1. The summed E-state index contributed by atoms with van der Waals surface area (Å²) in [6.45, 7) is 0.598. The van der Waals surface area contributed by atoms with Crippen LogP contribution >= 0.6 is 15.9 Å². The summed E-state index contributed by atoms with van der Waals surface area (Å²) in [6, 6.07) is 23.8. The minimum atomic E-state index is -0.341. The van der Waals surface area contributed by atoms with Crippen molar-refractivity contribution in [3.63, 3.8) is 0 Å². The molecule has 0 bridgehead atoms. The Morgan fingerprint density at radius 3 is 2.64 bits per heavy atom. The number of carbonyl (C=O) groups excluding carboxylic acids is 1. The molecule has 0 saturated heterocycles. The first-order valence-electron chi connectivity index (χ1n) is 8.77. The van der Waals surface area contributed by atoms with E-state index < -0.39 is 0 Å². The van der Waals surface area contributed by atoms with E-state index in [0.29, 0.717) is 12.2 Å². The SMILES string of the molecule is O=C(N/N=C/c1ccc2ccccc2c1)c1ccn(Cc2ccc(Br)cc2)n1. The number of fused-ring (bicyclic) bond motifs is 1. The number of halogens is 1. The Labute approximate surface area is 170 Å². The standard InChI is InChI=1S/C22H17BrN4O/c23-20-9-6-16(7-10-20)15-27-12-11-21(26-27)22(28)25-24-14-17-5-8-18-3-1-2-4-19(18)13-17/h1-14H,15H2,(H,25,28)/b24-14+. The Balaban J connectivity index is 1.38. The first-order valence-corrected chi connectivity index (χ1v) is 9.57. The minimum absolute atomic E-state index is 0.327. The Bertz CT molecular complexity index is 1150. The zero-order valence-electron chi connectivity index (χ0n) is 14.9. The maximum absolute atomic E-state index is 12.3. The second-order valence-electron chi connectivity index (χ2n) is 6.33. The van der Waals surface area contributed by atoms with Crippen LogP contribution in [0.25, 0.3) is 10.8 Å². The van der Waals surface area contributed by atoms with Gasteiger partial charge in [-0.05, 0) is 46.2 Å². The van der Waals surface area contributed by atoms with Crippen molar-refractivity contribution < 1.29 is 4.79 Å². The fourth-order valence-corrected chi connectivity index (χ4v) is 3.12.